The van der Waals surface area contributed by atoms with Crippen molar-refractivity contribution < 1.29 is 9.84 Å². The van der Waals surface area contributed by atoms with Crippen molar-refractivity contribution in [3.8, 4) is 0 Å². The quantitative estimate of drug-likeness (QED) is 0.632. The number of hydrogen-bond acceptors (Lipinski definition) is 3. The van der Waals surface area contributed by atoms with Gasteiger partial charge < -0.3 is 15.2 Å². The predicted octanol–water partition coefficient (Wildman–Crippen LogP) is 2.58. The molecule has 0 radical (unpaired) electrons. The molecule has 0 aromatic rings. The molecule has 0 aromatic heterocycles. The summed E-state index contributed by atoms with van der Waals surface area (Å²) in [5, 5.41) is 13.4. The summed E-state index contributed by atoms with van der Waals surface area (Å²) in [6, 6.07) is 0.661. The summed E-state index contributed by atoms with van der Waals surface area (Å²) < 4.78 is 5.53. The van der Waals surface area contributed by atoms with Crippen LogP contribution < -0.4 is 5.32 Å². The second-order valence-corrected chi connectivity index (χ2v) is 6.95. The molecule has 2 saturated carbocycles. The Labute approximate surface area is 118 Å². The van der Waals surface area contributed by atoms with Crippen LogP contribution in [0.1, 0.15) is 52.4 Å². The van der Waals surface area contributed by atoms with Crippen LogP contribution in [0.25, 0.3) is 0 Å². The highest BCUT2D eigenvalue weighted by Crippen LogP contribution is 2.44. The minimum Gasteiger partial charge on any atom is -0.389 e. The molecule has 0 spiro atoms. The largest absolute Gasteiger partial charge is 0.389 e. The number of fused-ring (bicyclic) bond motifs is 2. The summed E-state index contributed by atoms with van der Waals surface area (Å²) in [6.07, 6.45) is 7.53. The number of rotatable bonds is 9. The van der Waals surface area contributed by atoms with E-state index in [0.717, 1.165) is 30.8 Å². The van der Waals surface area contributed by atoms with E-state index in [1.165, 1.54) is 32.1 Å². The Bertz CT molecular complexity index is 257. The lowest BCUT2D eigenvalue weighted by molar-refractivity contribution is 0.0325. The Morgan fingerprint density at radius 1 is 1.26 bits per heavy atom. The highest BCUT2D eigenvalue weighted by Gasteiger charge is 2.39. The van der Waals surface area contributed by atoms with Crippen LogP contribution >= 0.6 is 0 Å². The highest BCUT2D eigenvalue weighted by atomic mass is 16.5. The monoisotopic (exact) mass is 269 g/mol. The van der Waals surface area contributed by atoms with Gasteiger partial charge in [-0.05, 0) is 49.9 Å². The van der Waals surface area contributed by atoms with Crippen LogP contribution in [0.2, 0.25) is 0 Å². The Balaban J connectivity index is 1.47. The smallest absolute Gasteiger partial charge is 0.0897 e. The van der Waals surface area contributed by atoms with Gasteiger partial charge in [0.15, 0.2) is 0 Å². The topological polar surface area (TPSA) is 41.5 Å². The number of nitrogens with one attached hydrogen (secondary N) is 1. The Kier molecular flexibility index (Phi) is 6.11. The van der Waals surface area contributed by atoms with Gasteiger partial charge in [0.05, 0.1) is 12.7 Å². The molecule has 2 aliphatic carbocycles. The van der Waals surface area contributed by atoms with Crippen molar-refractivity contribution in [3.05, 3.63) is 0 Å². The van der Waals surface area contributed by atoms with Gasteiger partial charge in [0.2, 0.25) is 0 Å². The minimum atomic E-state index is -0.349. The van der Waals surface area contributed by atoms with Gasteiger partial charge in [-0.2, -0.15) is 0 Å². The lowest BCUT2D eigenvalue weighted by Gasteiger charge is -2.24. The first kappa shape index (κ1) is 15.3. The molecule has 2 aliphatic rings. The molecular formula is C16H31NO2. The van der Waals surface area contributed by atoms with Gasteiger partial charge in [0.25, 0.3) is 0 Å². The Morgan fingerprint density at radius 3 is 2.74 bits per heavy atom. The zero-order valence-electron chi connectivity index (χ0n) is 12.6. The molecule has 2 fully saturated rings. The maximum Gasteiger partial charge on any atom is 0.0897 e. The number of ether oxygens (including phenoxy) is 1. The van der Waals surface area contributed by atoms with E-state index in [0.29, 0.717) is 19.2 Å². The summed E-state index contributed by atoms with van der Waals surface area (Å²) in [5.74, 6) is 2.59. The fourth-order valence-electron chi connectivity index (χ4n) is 3.65. The van der Waals surface area contributed by atoms with Gasteiger partial charge in [0.1, 0.15) is 0 Å². The number of aliphatic hydroxyl groups excluding tert-OH is 1. The molecule has 19 heavy (non-hydrogen) atoms. The van der Waals surface area contributed by atoms with E-state index in [4.69, 9.17) is 4.74 Å². The molecule has 2 bridgehead atoms. The van der Waals surface area contributed by atoms with Crippen molar-refractivity contribution in [2.45, 2.75) is 64.5 Å². The van der Waals surface area contributed by atoms with E-state index in [2.05, 4.69) is 19.2 Å². The Hall–Kier alpha value is -0.120. The fourth-order valence-corrected chi connectivity index (χ4v) is 3.65. The fraction of sp³-hybridized carbons (Fsp3) is 1.00. The second-order valence-electron chi connectivity index (χ2n) is 6.95. The van der Waals surface area contributed by atoms with E-state index >= 15 is 0 Å². The molecule has 0 amide bonds. The Morgan fingerprint density at radius 2 is 2.11 bits per heavy atom. The summed E-state index contributed by atoms with van der Waals surface area (Å²) in [5.41, 5.74) is 0. The van der Waals surface area contributed by atoms with Crippen LogP contribution in [0.15, 0.2) is 0 Å². The second kappa shape index (κ2) is 7.61. The van der Waals surface area contributed by atoms with Crippen LogP contribution in [0.4, 0.5) is 0 Å². The van der Waals surface area contributed by atoms with E-state index < -0.39 is 0 Å². The first-order chi connectivity index (χ1) is 9.15. The van der Waals surface area contributed by atoms with Crippen molar-refractivity contribution in [2.24, 2.45) is 17.8 Å². The van der Waals surface area contributed by atoms with E-state index in [1.54, 1.807) is 0 Å². The molecule has 0 aromatic carbocycles. The lowest BCUT2D eigenvalue weighted by Crippen LogP contribution is -2.40. The summed E-state index contributed by atoms with van der Waals surface area (Å²) in [6.45, 7) is 6.41. The van der Waals surface area contributed by atoms with E-state index in [-0.39, 0.29) is 6.10 Å². The van der Waals surface area contributed by atoms with E-state index in [1.807, 2.05) is 0 Å². The van der Waals surface area contributed by atoms with Crippen molar-refractivity contribution >= 4 is 0 Å². The molecule has 112 valence electrons. The maximum absolute atomic E-state index is 9.90. The molecule has 4 atom stereocenters. The lowest BCUT2D eigenvalue weighted by atomic mass is 9.95. The average molecular weight is 269 g/mol. The third-order valence-electron chi connectivity index (χ3n) is 4.73. The third kappa shape index (κ3) is 5.05. The van der Waals surface area contributed by atoms with Crippen LogP contribution in [-0.2, 0) is 4.74 Å². The van der Waals surface area contributed by atoms with Gasteiger partial charge >= 0.3 is 0 Å². The SMILES string of the molecule is CC(C)CCCOCC(O)CNC1CC2CCC1C2. The van der Waals surface area contributed by atoms with Crippen molar-refractivity contribution in [1.82, 2.24) is 5.32 Å². The average Bonchev–Trinajstić information content (AvgIpc) is 2.97. The predicted molar refractivity (Wildman–Crippen MR) is 78.1 cm³/mol. The van der Waals surface area contributed by atoms with Gasteiger partial charge in [-0.25, -0.2) is 0 Å². The van der Waals surface area contributed by atoms with Crippen molar-refractivity contribution in [1.29, 1.82) is 0 Å². The molecular weight excluding hydrogens is 238 g/mol. The maximum atomic E-state index is 9.90. The summed E-state index contributed by atoms with van der Waals surface area (Å²) >= 11 is 0. The molecule has 0 heterocycles. The molecule has 4 unspecified atom stereocenters. The van der Waals surface area contributed by atoms with Crippen LogP contribution in [0, 0.1) is 17.8 Å². The van der Waals surface area contributed by atoms with Gasteiger partial charge in [-0.1, -0.05) is 20.3 Å². The first-order valence-electron chi connectivity index (χ1n) is 8.14. The first-order valence-corrected chi connectivity index (χ1v) is 8.14. The third-order valence-corrected chi connectivity index (χ3v) is 4.73. The number of aliphatic hydroxyl groups is 1. The molecule has 0 aliphatic heterocycles. The molecule has 2 N–H and O–H groups in total. The zero-order valence-corrected chi connectivity index (χ0v) is 12.6. The zero-order chi connectivity index (χ0) is 13.7. The van der Waals surface area contributed by atoms with Crippen LogP contribution in [0.3, 0.4) is 0 Å². The molecule has 3 heteroatoms. The number of hydrogen-bond donors (Lipinski definition) is 2. The standard InChI is InChI=1S/C16H31NO2/c1-12(2)4-3-7-19-11-15(18)10-17-16-9-13-5-6-14(16)8-13/h12-18H,3-11H2,1-2H3. The van der Waals surface area contributed by atoms with Crippen molar-refractivity contribution in [3.63, 3.8) is 0 Å². The van der Waals surface area contributed by atoms with Crippen molar-refractivity contribution in [2.75, 3.05) is 19.8 Å². The summed E-state index contributed by atoms with van der Waals surface area (Å²) in [4.78, 5) is 0. The normalized spacial score (nSPS) is 31.3. The van der Waals surface area contributed by atoms with Gasteiger partial charge in [0, 0.05) is 19.2 Å². The molecule has 2 rings (SSSR count). The van der Waals surface area contributed by atoms with Crippen LogP contribution in [-0.4, -0.2) is 37.0 Å². The minimum absolute atomic E-state index is 0.349. The van der Waals surface area contributed by atoms with Crippen LogP contribution in [0.5, 0.6) is 0 Å². The molecule has 0 saturated heterocycles. The summed E-state index contributed by atoms with van der Waals surface area (Å²) in [7, 11) is 0. The molecule has 3 nitrogen and oxygen atoms in total. The highest BCUT2D eigenvalue weighted by molar-refractivity contribution is 4.94. The van der Waals surface area contributed by atoms with Gasteiger partial charge in [-0.15, -0.1) is 0 Å². The van der Waals surface area contributed by atoms with Gasteiger partial charge in [-0.3, -0.25) is 0 Å². The van der Waals surface area contributed by atoms with E-state index in [9.17, 15) is 5.11 Å².